The van der Waals surface area contributed by atoms with E-state index in [1.807, 2.05) is 19.1 Å². The summed E-state index contributed by atoms with van der Waals surface area (Å²) in [7, 11) is 0. The van der Waals surface area contributed by atoms with E-state index in [1.54, 1.807) is 43.3 Å². The molecular weight excluding hydrogens is 416 g/mol. The van der Waals surface area contributed by atoms with Crippen LogP contribution in [-0.2, 0) is 19.5 Å². The number of benzene rings is 2. The molecular formula is C23H21ClN4O3. The maximum atomic E-state index is 12.6. The van der Waals surface area contributed by atoms with E-state index in [-0.39, 0.29) is 17.0 Å². The van der Waals surface area contributed by atoms with Crippen molar-refractivity contribution in [2.45, 2.75) is 33.4 Å². The van der Waals surface area contributed by atoms with Crippen LogP contribution in [0.1, 0.15) is 41.2 Å². The predicted molar refractivity (Wildman–Crippen MR) is 120 cm³/mol. The fraction of sp³-hybridized carbons (Fsp3) is 0.217. The molecule has 0 radical (unpaired) electrons. The number of H-pyrrole nitrogens is 1. The van der Waals surface area contributed by atoms with Crippen LogP contribution >= 0.6 is 11.6 Å². The second-order valence-electron chi connectivity index (χ2n) is 7.17. The van der Waals surface area contributed by atoms with E-state index in [0.29, 0.717) is 52.6 Å². The van der Waals surface area contributed by atoms with Gasteiger partial charge in [-0.25, -0.2) is 9.78 Å². The predicted octanol–water partition coefficient (Wildman–Crippen LogP) is 3.40. The lowest BCUT2D eigenvalue weighted by molar-refractivity contribution is 0.103. The number of nitrogens with zero attached hydrogens (tertiary/aromatic N) is 3. The number of aryl methyl sites for hydroxylation is 1. The number of carbonyl (C=O) groups excluding carboxylic acids is 1. The molecule has 0 saturated heterocycles. The average molecular weight is 437 g/mol. The molecule has 4 rings (SSSR count). The van der Waals surface area contributed by atoms with Crippen molar-refractivity contribution in [2.75, 3.05) is 0 Å². The zero-order valence-electron chi connectivity index (χ0n) is 17.2. The Kier molecular flexibility index (Phi) is 5.61. The van der Waals surface area contributed by atoms with E-state index in [1.165, 1.54) is 9.13 Å². The number of aromatic amines is 1. The number of rotatable bonds is 6. The average Bonchev–Trinajstić information content (AvgIpc) is 3.19. The van der Waals surface area contributed by atoms with Crippen LogP contribution in [0.25, 0.3) is 11.2 Å². The van der Waals surface area contributed by atoms with Gasteiger partial charge in [0, 0.05) is 35.7 Å². The number of hydrogen-bond acceptors (Lipinski definition) is 4. The number of nitrogens with one attached hydrogen (secondary N) is 1. The first-order valence-electron chi connectivity index (χ1n) is 10.0. The van der Waals surface area contributed by atoms with Gasteiger partial charge in [-0.1, -0.05) is 35.9 Å². The summed E-state index contributed by atoms with van der Waals surface area (Å²) in [5.41, 5.74) is 2.04. The van der Waals surface area contributed by atoms with Crippen LogP contribution in [0.2, 0.25) is 5.02 Å². The summed E-state index contributed by atoms with van der Waals surface area (Å²) >= 11 is 5.88. The van der Waals surface area contributed by atoms with Crippen molar-refractivity contribution in [2.24, 2.45) is 0 Å². The Bertz CT molecular complexity index is 1380. The normalized spacial score (nSPS) is 11.2. The Morgan fingerprint density at radius 3 is 2.10 bits per heavy atom. The summed E-state index contributed by atoms with van der Waals surface area (Å²) in [6, 6.07) is 14.0. The molecule has 0 unspecified atom stereocenters. The molecule has 1 N–H and O–H groups in total. The lowest BCUT2D eigenvalue weighted by atomic mass is 10.0. The number of fused-ring (bicyclic) bond motifs is 1. The van der Waals surface area contributed by atoms with Gasteiger partial charge in [0.15, 0.2) is 11.4 Å². The number of aromatic nitrogens is 4. The van der Waals surface area contributed by atoms with Crippen LogP contribution in [0.5, 0.6) is 0 Å². The van der Waals surface area contributed by atoms with E-state index >= 15 is 0 Å². The van der Waals surface area contributed by atoms with Gasteiger partial charge in [0.2, 0.25) is 0 Å². The van der Waals surface area contributed by atoms with E-state index in [0.717, 1.165) is 5.56 Å². The smallest absolute Gasteiger partial charge is 0.332 e. The van der Waals surface area contributed by atoms with Crippen molar-refractivity contribution in [1.29, 1.82) is 0 Å². The Balaban J connectivity index is 1.63. The minimum atomic E-state index is -0.366. The zero-order valence-corrected chi connectivity index (χ0v) is 17.9. The van der Waals surface area contributed by atoms with Crippen LogP contribution < -0.4 is 11.2 Å². The van der Waals surface area contributed by atoms with E-state index < -0.39 is 0 Å². The number of halogens is 1. The molecule has 8 heteroatoms. The Labute approximate surface area is 182 Å². The molecule has 2 aromatic carbocycles. The fourth-order valence-corrected chi connectivity index (χ4v) is 3.72. The molecule has 31 heavy (non-hydrogen) atoms. The molecule has 0 aliphatic rings. The number of imidazole rings is 1. The van der Waals surface area contributed by atoms with Crippen LogP contribution in [0.4, 0.5) is 0 Å². The zero-order chi connectivity index (χ0) is 22.1. The first kappa shape index (κ1) is 20.8. The van der Waals surface area contributed by atoms with Crippen LogP contribution in [0.15, 0.2) is 58.1 Å². The van der Waals surface area contributed by atoms with Crippen molar-refractivity contribution in [3.63, 3.8) is 0 Å². The Morgan fingerprint density at radius 2 is 1.52 bits per heavy atom. The third kappa shape index (κ3) is 3.84. The lowest BCUT2D eigenvalue weighted by Crippen LogP contribution is -2.39. The Morgan fingerprint density at radius 1 is 0.935 bits per heavy atom. The minimum Gasteiger partial charge on any atom is -0.336 e. The molecule has 0 spiro atoms. The minimum absolute atomic E-state index is 0.0842. The van der Waals surface area contributed by atoms with Gasteiger partial charge in [0.05, 0.1) is 0 Å². The standard InChI is InChI=1S/C23H21ClN4O3/c1-3-27-21-19(22(30)28(4-2)23(27)31)25-18(26-21)13-14-5-7-15(8-6-14)20(29)16-9-11-17(24)12-10-16/h5-12H,3-4,13H2,1-2H3,(H,25,26). The van der Waals surface area contributed by atoms with E-state index in [2.05, 4.69) is 9.97 Å². The SMILES string of the molecule is CCn1c(=O)c2[nH]c(Cc3ccc(C(=O)c4ccc(Cl)cc4)cc3)nc2n(CC)c1=O. The van der Waals surface area contributed by atoms with Gasteiger partial charge >= 0.3 is 5.69 Å². The fourth-order valence-electron chi connectivity index (χ4n) is 3.60. The summed E-state index contributed by atoms with van der Waals surface area (Å²) in [6.45, 7) is 4.32. The largest absolute Gasteiger partial charge is 0.336 e. The second kappa shape index (κ2) is 8.35. The summed E-state index contributed by atoms with van der Waals surface area (Å²) in [6.07, 6.45) is 0.438. The quantitative estimate of drug-likeness (QED) is 0.469. The highest BCUT2D eigenvalue weighted by molar-refractivity contribution is 6.30. The van der Waals surface area contributed by atoms with Crippen molar-refractivity contribution >= 4 is 28.5 Å². The van der Waals surface area contributed by atoms with Gasteiger partial charge in [-0.15, -0.1) is 0 Å². The molecule has 158 valence electrons. The van der Waals surface area contributed by atoms with Gasteiger partial charge in [-0.2, -0.15) is 0 Å². The number of hydrogen-bond donors (Lipinski definition) is 1. The summed E-state index contributed by atoms with van der Waals surface area (Å²) in [4.78, 5) is 45.3. The first-order valence-corrected chi connectivity index (χ1v) is 10.4. The van der Waals surface area contributed by atoms with Crippen LogP contribution in [0.3, 0.4) is 0 Å². The Hall–Kier alpha value is -3.45. The highest BCUT2D eigenvalue weighted by Crippen LogP contribution is 2.16. The van der Waals surface area contributed by atoms with Crippen LogP contribution in [0, 0.1) is 0 Å². The van der Waals surface area contributed by atoms with Crippen LogP contribution in [-0.4, -0.2) is 24.9 Å². The molecule has 0 atom stereocenters. The van der Waals surface area contributed by atoms with Gasteiger partial charge in [-0.05, 0) is 43.7 Å². The second-order valence-corrected chi connectivity index (χ2v) is 7.60. The molecule has 0 aliphatic heterocycles. The van der Waals surface area contributed by atoms with Gasteiger partial charge in [0.1, 0.15) is 11.3 Å². The van der Waals surface area contributed by atoms with Crippen molar-refractivity contribution in [3.05, 3.63) is 96.9 Å². The number of ketones is 1. The molecule has 0 saturated carbocycles. The lowest BCUT2D eigenvalue weighted by Gasteiger charge is -2.06. The van der Waals surface area contributed by atoms with Crippen molar-refractivity contribution in [1.82, 2.24) is 19.1 Å². The first-order chi connectivity index (χ1) is 14.9. The molecule has 0 amide bonds. The molecule has 0 fully saturated rings. The van der Waals surface area contributed by atoms with E-state index in [9.17, 15) is 14.4 Å². The third-order valence-corrected chi connectivity index (χ3v) is 5.49. The molecule has 7 nitrogen and oxygen atoms in total. The molecule has 2 aromatic heterocycles. The van der Waals surface area contributed by atoms with Gasteiger partial charge in [0.25, 0.3) is 5.56 Å². The highest BCUT2D eigenvalue weighted by atomic mass is 35.5. The summed E-state index contributed by atoms with van der Waals surface area (Å²) in [5, 5.41) is 0.580. The third-order valence-electron chi connectivity index (χ3n) is 5.24. The van der Waals surface area contributed by atoms with E-state index in [4.69, 9.17) is 11.6 Å². The maximum absolute atomic E-state index is 12.6. The summed E-state index contributed by atoms with van der Waals surface area (Å²) < 4.78 is 2.69. The van der Waals surface area contributed by atoms with Gasteiger partial charge in [-0.3, -0.25) is 18.7 Å². The highest BCUT2D eigenvalue weighted by Gasteiger charge is 2.16. The molecule has 2 heterocycles. The van der Waals surface area contributed by atoms with Gasteiger partial charge < -0.3 is 4.98 Å². The summed E-state index contributed by atoms with van der Waals surface area (Å²) in [5.74, 6) is 0.498. The molecule has 4 aromatic rings. The molecule has 0 aliphatic carbocycles. The molecule has 0 bridgehead atoms. The van der Waals surface area contributed by atoms with Crippen molar-refractivity contribution < 1.29 is 4.79 Å². The monoisotopic (exact) mass is 436 g/mol. The maximum Gasteiger partial charge on any atom is 0.332 e. The van der Waals surface area contributed by atoms with Crippen molar-refractivity contribution in [3.8, 4) is 0 Å². The topological polar surface area (TPSA) is 89.8 Å². The number of carbonyl (C=O) groups is 1.